The maximum absolute atomic E-state index is 11.7. The molecule has 2 aromatic rings. The zero-order valence-electron chi connectivity index (χ0n) is 18.3. The molecule has 0 fully saturated rings. The van der Waals surface area contributed by atoms with Gasteiger partial charge in [0, 0.05) is 26.4 Å². The van der Waals surface area contributed by atoms with Gasteiger partial charge in [-0.2, -0.15) is 0 Å². The van der Waals surface area contributed by atoms with E-state index in [2.05, 4.69) is 60.7 Å². The summed E-state index contributed by atoms with van der Waals surface area (Å²) in [7, 11) is -1.45. The topological polar surface area (TPSA) is 70.6 Å². The number of sulfone groups is 1. The lowest BCUT2D eigenvalue weighted by atomic mass is 9.86. The molecular formula is C23H33N3O2S. The van der Waals surface area contributed by atoms with Crippen molar-refractivity contribution in [3.8, 4) is 0 Å². The molecule has 29 heavy (non-hydrogen) atoms. The van der Waals surface area contributed by atoms with Gasteiger partial charge < -0.3 is 10.6 Å². The number of nitrogens with zero attached hydrogens (tertiary/aromatic N) is 1. The van der Waals surface area contributed by atoms with Crippen LogP contribution in [0, 0.1) is 6.92 Å². The fourth-order valence-corrected chi connectivity index (χ4v) is 4.10. The smallest absolute Gasteiger partial charge is 0.191 e. The zero-order chi connectivity index (χ0) is 21.7. The Hall–Kier alpha value is -2.34. The molecule has 0 atom stereocenters. The van der Waals surface area contributed by atoms with Gasteiger partial charge >= 0.3 is 0 Å². The second kappa shape index (κ2) is 9.44. The van der Waals surface area contributed by atoms with Gasteiger partial charge in [-0.1, -0.05) is 57.2 Å². The monoisotopic (exact) mass is 415 g/mol. The van der Waals surface area contributed by atoms with Crippen LogP contribution in [0.1, 0.15) is 43.0 Å². The van der Waals surface area contributed by atoms with Crippen molar-refractivity contribution in [2.45, 2.75) is 51.0 Å². The molecule has 0 aliphatic rings. The number of rotatable bonds is 6. The number of aryl methyl sites for hydroxylation is 1. The fourth-order valence-electron chi connectivity index (χ4n) is 3.14. The predicted octanol–water partition coefficient (Wildman–Crippen LogP) is 3.60. The summed E-state index contributed by atoms with van der Waals surface area (Å²) < 4.78 is 23.5. The van der Waals surface area contributed by atoms with Gasteiger partial charge in [0.05, 0.1) is 4.90 Å². The largest absolute Gasteiger partial charge is 0.356 e. The van der Waals surface area contributed by atoms with Crippen molar-refractivity contribution in [1.82, 2.24) is 10.6 Å². The molecule has 0 amide bonds. The van der Waals surface area contributed by atoms with Crippen molar-refractivity contribution < 1.29 is 8.42 Å². The van der Waals surface area contributed by atoms with Gasteiger partial charge in [-0.15, -0.1) is 0 Å². The summed E-state index contributed by atoms with van der Waals surface area (Å²) in [5.41, 5.74) is 4.56. The van der Waals surface area contributed by atoms with E-state index in [1.165, 1.54) is 17.4 Å². The summed E-state index contributed by atoms with van der Waals surface area (Å²) in [6, 6.07) is 14.2. The van der Waals surface area contributed by atoms with Crippen LogP contribution in [0.4, 0.5) is 0 Å². The van der Waals surface area contributed by atoms with Crippen molar-refractivity contribution in [3.63, 3.8) is 0 Å². The van der Waals surface area contributed by atoms with Crippen LogP contribution >= 0.6 is 0 Å². The first-order valence-electron chi connectivity index (χ1n) is 9.84. The molecule has 0 spiro atoms. The fraction of sp³-hybridized carbons (Fsp3) is 0.435. The lowest BCUT2D eigenvalue weighted by Gasteiger charge is -2.19. The Morgan fingerprint density at radius 3 is 2.14 bits per heavy atom. The van der Waals surface area contributed by atoms with Gasteiger partial charge in [0.25, 0.3) is 0 Å². The van der Waals surface area contributed by atoms with Crippen LogP contribution in [-0.2, 0) is 28.2 Å². The molecule has 2 rings (SSSR count). The molecule has 0 radical (unpaired) electrons. The average molecular weight is 416 g/mol. The minimum Gasteiger partial charge on any atom is -0.356 e. The van der Waals surface area contributed by atoms with Crippen LogP contribution in [0.25, 0.3) is 0 Å². The molecule has 0 bridgehead atoms. The molecule has 2 aromatic carbocycles. The van der Waals surface area contributed by atoms with Crippen molar-refractivity contribution in [2.24, 2.45) is 4.99 Å². The van der Waals surface area contributed by atoms with Crippen molar-refractivity contribution in [2.75, 3.05) is 19.8 Å². The average Bonchev–Trinajstić information content (AvgIpc) is 2.63. The predicted molar refractivity (Wildman–Crippen MR) is 121 cm³/mol. The molecule has 6 heteroatoms. The van der Waals surface area contributed by atoms with E-state index in [-0.39, 0.29) is 5.41 Å². The van der Waals surface area contributed by atoms with Crippen LogP contribution < -0.4 is 10.6 Å². The number of guanidine groups is 1. The van der Waals surface area contributed by atoms with E-state index in [0.29, 0.717) is 11.4 Å². The third-order valence-electron chi connectivity index (χ3n) is 4.85. The van der Waals surface area contributed by atoms with Crippen molar-refractivity contribution in [3.05, 3.63) is 64.7 Å². The summed E-state index contributed by atoms with van der Waals surface area (Å²) in [6.45, 7) is 9.82. The molecule has 0 saturated carbocycles. The Labute approximate surface area is 175 Å². The standard InChI is InChI=1S/C23H33N3O2S/c1-17-15-19(9-12-21(17)29(6,27)28)16-26-22(24-5)25-14-13-18-7-10-20(11-8-18)23(2,3)4/h7-12,15H,13-14,16H2,1-6H3,(H2,24,25,26). The second-order valence-electron chi connectivity index (χ2n) is 8.42. The normalized spacial score (nSPS) is 12.7. The van der Waals surface area contributed by atoms with Gasteiger partial charge in [0.15, 0.2) is 15.8 Å². The molecule has 0 saturated heterocycles. The van der Waals surface area contributed by atoms with Crippen molar-refractivity contribution >= 4 is 15.8 Å². The summed E-state index contributed by atoms with van der Waals surface area (Å²) >= 11 is 0. The third-order valence-corrected chi connectivity index (χ3v) is 6.11. The van der Waals surface area contributed by atoms with Gasteiger partial charge in [0.2, 0.25) is 0 Å². The van der Waals surface area contributed by atoms with Crippen LogP contribution in [0.15, 0.2) is 52.4 Å². The Kier molecular flexibility index (Phi) is 7.47. The molecule has 2 N–H and O–H groups in total. The highest BCUT2D eigenvalue weighted by atomic mass is 32.2. The summed E-state index contributed by atoms with van der Waals surface area (Å²) in [5.74, 6) is 0.723. The highest BCUT2D eigenvalue weighted by Crippen LogP contribution is 2.22. The molecule has 5 nitrogen and oxygen atoms in total. The summed E-state index contributed by atoms with van der Waals surface area (Å²) in [5, 5.41) is 6.60. The summed E-state index contributed by atoms with van der Waals surface area (Å²) in [6.07, 6.45) is 2.14. The van der Waals surface area contributed by atoms with Crippen LogP contribution in [-0.4, -0.2) is 34.2 Å². The Morgan fingerprint density at radius 2 is 1.62 bits per heavy atom. The maximum atomic E-state index is 11.7. The number of benzene rings is 2. The first-order valence-corrected chi connectivity index (χ1v) is 11.7. The minimum absolute atomic E-state index is 0.167. The molecular weight excluding hydrogens is 382 g/mol. The number of hydrogen-bond donors (Lipinski definition) is 2. The number of aliphatic imine (C=N–C) groups is 1. The van der Waals surface area contributed by atoms with Gasteiger partial charge in [-0.05, 0) is 47.1 Å². The van der Waals surface area contributed by atoms with Gasteiger partial charge in [-0.25, -0.2) is 8.42 Å². The van der Waals surface area contributed by atoms with Crippen LogP contribution in [0.5, 0.6) is 0 Å². The SMILES string of the molecule is CN=C(NCCc1ccc(C(C)(C)C)cc1)NCc1ccc(S(C)(=O)=O)c(C)c1. The minimum atomic E-state index is -3.19. The maximum Gasteiger partial charge on any atom is 0.191 e. The van der Waals surface area contributed by atoms with Gasteiger partial charge in [0.1, 0.15) is 0 Å². The molecule has 0 unspecified atom stereocenters. The van der Waals surface area contributed by atoms with Crippen LogP contribution in [0.2, 0.25) is 0 Å². The molecule has 0 aromatic heterocycles. The lowest BCUT2D eigenvalue weighted by molar-refractivity contribution is 0.590. The highest BCUT2D eigenvalue weighted by Gasteiger charge is 2.13. The van der Waals surface area contributed by atoms with Crippen LogP contribution in [0.3, 0.4) is 0 Å². The first kappa shape index (κ1) is 22.9. The number of hydrogen-bond acceptors (Lipinski definition) is 3. The zero-order valence-corrected chi connectivity index (χ0v) is 19.2. The highest BCUT2D eigenvalue weighted by molar-refractivity contribution is 7.90. The first-order chi connectivity index (χ1) is 13.5. The lowest BCUT2D eigenvalue weighted by Crippen LogP contribution is -2.37. The Morgan fingerprint density at radius 1 is 1.00 bits per heavy atom. The van der Waals surface area contributed by atoms with E-state index >= 15 is 0 Å². The second-order valence-corrected chi connectivity index (χ2v) is 10.4. The van der Waals surface area contributed by atoms with Gasteiger partial charge in [-0.3, -0.25) is 4.99 Å². The third kappa shape index (κ3) is 6.89. The Bertz CT molecular complexity index is 957. The number of nitrogens with one attached hydrogen (secondary N) is 2. The van der Waals surface area contributed by atoms with E-state index in [4.69, 9.17) is 0 Å². The molecule has 158 valence electrons. The van der Waals surface area contributed by atoms with Crippen molar-refractivity contribution in [1.29, 1.82) is 0 Å². The molecule has 0 aliphatic carbocycles. The quantitative estimate of drug-likeness (QED) is 0.559. The molecule has 0 aliphatic heterocycles. The van der Waals surface area contributed by atoms with E-state index in [1.807, 2.05) is 19.1 Å². The van der Waals surface area contributed by atoms with E-state index in [0.717, 1.165) is 30.1 Å². The summed E-state index contributed by atoms with van der Waals surface area (Å²) in [4.78, 5) is 4.63. The van der Waals surface area contributed by atoms with E-state index in [9.17, 15) is 8.42 Å². The van der Waals surface area contributed by atoms with E-state index < -0.39 is 9.84 Å². The van der Waals surface area contributed by atoms with E-state index in [1.54, 1.807) is 13.1 Å². The Balaban J connectivity index is 1.86. The molecule has 0 heterocycles.